The van der Waals surface area contributed by atoms with Gasteiger partial charge in [0.25, 0.3) is 0 Å². The minimum Gasteiger partial charge on any atom is -0.466 e. The molecule has 0 aliphatic heterocycles. The third-order valence-corrected chi connectivity index (χ3v) is 4.35. The summed E-state index contributed by atoms with van der Waals surface area (Å²) in [5.41, 5.74) is 2.43. The number of rotatable bonds is 4. The lowest BCUT2D eigenvalue weighted by atomic mass is 9.99. The Kier molecular flexibility index (Phi) is 4.35. The van der Waals surface area contributed by atoms with E-state index >= 15 is 0 Å². The maximum absolute atomic E-state index is 12.1. The predicted octanol–water partition coefficient (Wildman–Crippen LogP) is 4.72. The van der Waals surface area contributed by atoms with Crippen LogP contribution >= 0.6 is 15.9 Å². The molecule has 4 heteroatoms. The summed E-state index contributed by atoms with van der Waals surface area (Å²) in [4.78, 5) is 12.1. The largest absolute Gasteiger partial charge is 0.466 e. The van der Waals surface area contributed by atoms with Crippen molar-refractivity contribution in [1.82, 2.24) is 4.57 Å². The summed E-state index contributed by atoms with van der Waals surface area (Å²) >= 11 is 3.49. The summed E-state index contributed by atoms with van der Waals surface area (Å²) in [5.74, 6) is -0.405. The zero-order valence-corrected chi connectivity index (χ0v) is 14.3. The highest BCUT2D eigenvalue weighted by atomic mass is 79.9. The number of benzene rings is 2. The van der Waals surface area contributed by atoms with Gasteiger partial charge in [-0.25, -0.2) is 4.79 Å². The molecule has 0 saturated heterocycles. The third kappa shape index (κ3) is 2.94. The SMILES string of the molecule is C=C(C(=O)OC)[C@H](c1ccccc1)n1ccc2cc(Br)ccc21. The monoisotopic (exact) mass is 369 g/mol. The van der Waals surface area contributed by atoms with Crippen molar-refractivity contribution in [2.24, 2.45) is 0 Å². The average Bonchev–Trinajstić information content (AvgIpc) is 2.98. The molecule has 0 amide bonds. The van der Waals surface area contributed by atoms with E-state index in [1.165, 1.54) is 7.11 Å². The summed E-state index contributed by atoms with van der Waals surface area (Å²) in [5, 5.41) is 1.10. The normalized spacial score (nSPS) is 12.1. The molecule has 0 spiro atoms. The average molecular weight is 370 g/mol. The first-order valence-electron chi connectivity index (χ1n) is 7.20. The molecule has 116 valence electrons. The molecule has 3 rings (SSSR count). The van der Waals surface area contributed by atoms with Crippen LogP contribution in [0.15, 0.2) is 77.4 Å². The van der Waals surface area contributed by atoms with Crippen molar-refractivity contribution >= 4 is 32.8 Å². The number of halogens is 1. The van der Waals surface area contributed by atoms with Gasteiger partial charge >= 0.3 is 5.97 Å². The Bertz CT molecular complexity index is 867. The topological polar surface area (TPSA) is 31.2 Å². The summed E-state index contributed by atoms with van der Waals surface area (Å²) in [6.45, 7) is 3.98. The molecule has 0 fully saturated rings. The lowest BCUT2D eigenvalue weighted by molar-refractivity contribution is -0.136. The van der Waals surface area contributed by atoms with Crippen LogP contribution < -0.4 is 0 Å². The van der Waals surface area contributed by atoms with Crippen molar-refractivity contribution in [2.45, 2.75) is 6.04 Å². The molecule has 0 aliphatic rings. The summed E-state index contributed by atoms with van der Waals surface area (Å²) in [7, 11) is 1.38. The van der Waals surface area contributed by atoms with E-state index in [9.17, 15) is 4.79 Å². The fourth-order valence-corrected chi connectivity index (χ4v) is 3.15. The Balaban J connectivity index is 2.18. The number of aromatic nitrogens is 1. The minimum atomic E-state index is -0.405. The quantitative estimate of drug-likeness (QED) is 0.492. The number of nitrogens with zero attached hydrogens (tertiary/aromatic N) is 1. The van der Waals surface area contributed by atoms with Crippen LogP contribution in [0.3, 0.4) is 0 Å². The van der Waals surface area contributed by atoms with Gasteiger partial charge in [0.1, 0.15) is 0 Å². The maximum Gasteiger partial charge on any atom is 0.335 e. The van der Waals surface area contributed by atoms with Gasteiger partial charge in [-0.2, -0.15) is 0 Å². The predicted molar refractivity (Wildman–Crippen MR) is 95.4 cm³/mol. The first-order valence-corrected chi connectivity index (χ1v) is 7.99. The van der Waals surface area contributed by atoms with Crippen molar-refractivity contribution < 1.29 is 9.53 Å². The van der Waals surface area contributed by atoms with E-state index in [0.717, 1.165) is 20.9 Å². The fraction of sp³-hybridized carbons (Fsp3) is 0.105. The summed E-state index contributed by atoms with van der Waals surface area (Å²) in [6, 6.07) is 17.6. The highest BCUT2D eigenvalue weighted by Gasteiger charge is 2.24. The molecule has 23 heavy (non-hydrogen) atoms. The first kappa shape index (κ1) is 15.6. The lowest BCUT2D eigenvalue weighted by Crippen LogP contribution is -2.18. The van der Waals surface area contributed by atoms with Crippen LogP contribution in [0.5, 0.6) is 0 Å². The van der Waals surface area contributed by atoms with Gasteiger partial charge in [-0.05, 0) is 29.8 Å². The molecule has 0 saturated carbocycles. The third-order valence-electron chi connectivity index (χ3n) is 3.85. The number of fused-ring (bicyclic) bond motifs is 1. The zero-order chi connectivity index (χ0) is 16.4. The molecule has 1 heterocycles. The summed E-state index contributed by atoms with van der Waals surface area (Å²) < 4.78 is 7.96. The molecular weight excluding hydrogens is 354 g/mol. The second kappa shape index (κ2) is 6.42. The van der Waals surface area contributed by atoms with Crippen LogP contribution in [0.25, 0.3) is 10.9 Å². The standard InChI is InChI=1S/C19H16BrNO2/c1-13(19(22)23-2)18(14-6-4-3-5-7-14)21-11-10-15-12-16(20)8-9-17(15)21/h3-12,18H,1H2,2H3/t18-/m1/s1. The summed E-state index contributed by atoms with van der Waals surface area (Å²) in [6.07, 6.45) is 1.98. The molecule has 3 nitrogen and oxygen atoms in total. The van der Waals surface area contributed by atoms with Crippen LogP contribution in [-0.2, 0) is 9.53 Å². The van der Waals surface area contributed by atoms with Crippen molar-refractivity contribution in [3.05, 3.63) is 83.0 Å². The fourth-order valence-electron chi connectivity index (χ4n) is 2.77. The number of hydrogen-bond acceptors (Lipinski definition) is 2. The van der Waals surface area contributed by atoms with Crippen LogP contribution in [0.4, 0.5) is 0 Å². The van der Waals surface area contributed by atoms with E-state index in [0.29, 0.717) is 5.57 Å². The molecule has 0 radical (unpaired) electrons. The van der Waals surface area contributed by atoms with Gasteiger partial charge in [-0.1, -0.05) is 52.8 Å². The number of hydrogen-bond donors (Lipinski definition) is 0. The Morgan fingerprint density at radius 1 is 1.17 bits per heavy atom. The first-order chi connectivity index (χ1) is 11.1. The Hall–Kier alpha value is -2.33. The van der Waals surface area contributed by atoms with Gasteiger partial charge in [0.05, 0.1) is 18.7 Å². The molecule has 1 aromatic heterocycles. The lowest BCUT2D eigenvalue weighted by Gasteiger charge is -2.22. The molecule has 1 atom stereocenters. The minimum absolute atomic E-state index is 0.303. The Morgan fingerprint density at radius 2 is 1.91 bits per heavy atom. The van der Waals surface area contributed by atoms with Crippen molar-refractivity contribution in [1.29, 1.82) is 0 Å². The Labute approximate surface area is 143 Å². The van der Waals surface area contributed by atoms with E-state index < -0.39 is 5.97 Å². The highest BCUT2D eigenvalue weighted by molar-refractivity contribution is 9.10. The number of ether oxygens (including phenoxy) is 1. The molecular formula is C19H16BrNO2. The number of esters is 1. The van der Waals surface area contributed by atoms with E-state index in [1.807, 2.05) is 54.7 Å². The van der Waals surface area contributed by atoms with E-state index in [2.05, 4.69) is 33.1 Å². The number of carbonyl (C=O) groups is 1. The van der Waals surface area contributed by atoms with Gasteiger partial charge in [0.2, 0.25) is 0 Å². The van der Waals surface area contributed by atoms with Gasteiger partial charge in [-0.15, -0.1) is 0 Å². The van der Waals surface area contributed by atoms with Gasteiger partial charge in [-0.3, -0.25) is 0 Å². The van der Waals surface area contributed by atoms with Gasteiger partial charge in [0.15, 0.2) is 0 Å². The van der Waals surface area contributed by atoms with Gasteiger partial charge in [0, 0.05) is 21.6 Å². The van der Waals surface area contributed by atoms with Crippen molar-refractivity contribution in [2.75, 3.05) is 7.11 Å². The van der Waals surface area contributed by atoms with E-state index in [1.54, 1.807) is 0 Å². The second-order valence-corrected chi connectivity index (χ2v) is 6.17. The maximum atomic E-state index is 12.1. The van der Waals surface area contributed by atoms with Gasteiger partial charge < -0.3 is 9.30 Å². The van der Waals surface area contributed by atoms with Crippen LogP contribution in [0, 0.1) is 0 Å². The second-order valence-electron chi connectivity index (χ2n) is 5.26. The number of carbonyl (C=O) groups excluding carboxylic acids is 1. The number of methoxy groups -OCH3 is 1. The van der Waals surface area contributed by atoms with Crippen LogP contribution in [0.2, 0.25) is 0 Å². The highest BCUT2D eigenvalue weighted by Crippen LogP contribution is 2.31. The zero-order valence-electron chi connectivity index (χ0n) is 12.7. The van der Waals surface area contributed by atoms with Crippen molar-refractivity contribution in [3.8, 4) is 0 Å². The molecule has 2 aromatic carbocycles. The van der Waals surface area contributed by atoms with Crippen LogP contribution in [-0.4, -0.2) is 17.6 Å². The van der Waals surface area contributed by atoms with E-state index in [4.69, 9.17) is 4.74 Å². The molecule has 0 unspecified atom stereocenters. The van der Waals surface area contributed by atoms with Crippen LogP contribution in [0.1, 0.15) is 11.6 Å². The van der Waals surface area contributed by atoms with Crippen molar-refractivity contribution in [3.63, 3.8) is 0 Å². The Morgan fingerprint density at radius 3 is 2.61 bits per heavy atom. The molecule has 0 N–H and O–H groups in total. The molecule has 3 aromatic rings. The molecule has 0 bridgehead atoms. The van der Waals surface area contributed by atoms with E-state index in [-0.39, 0.29) is 6.04 Å². The molecule has 0 aliphatic carbocycles. The smallest absolute Gasteiger partial charge is 0.335 e.